The van der Waals surface area contributed by atoms with Crippen LogP contribution in [-0.4, -0.2) is 21.8 Å². The minimum Gasteiger partial charge on any atom is -0.434 e. The lowest BCUT2D eigenvalue weighted by Gasteiger charge is -2.06. The summed E-state index contributed by atoms with van der Waals surface area (Å²) in [5, 5.41) is 7.58. The number of halogens is 2. The number of aromatic nitrogens is 3. The van der Waals surface area contributed by atoms with Crippen LogP contribution in [0.2, 0.25) is 0 Å². The Labute approximate surface area is 130 Å². The molecule has 3 rings (SSSR count). The van der Waals surface area contributed by atoms with Crippen molar-refractivity contribution in [3.05, 3.63) is 60.2 Å². The Hall–Kier alpha value is -3.27. The molecule has 0 aliphatic heterocycles. The predicted molar refractivity (Wildman–Crippen MR) is 76.6 cm³/mol. The van der Waals surface area contributed by atoms with E-state index in [9.17, 15) is 8.78 Å². The van der Waals surface area contributed by atoms with E-state index in [-0.39, 0.29) is 23.1 Å². The molecule has 0 atom stereocenters. The summed E-state index contributed by atoms with van der Waals surface area (Å²) in [6, 6.07) is 9.69. The SMILES string of the molecule is FC(F)Oc1ccccc1-c1nnc(C#Cc2cccnc2)o1. The molecule has 0 saturated carbocycles. The molecule has 0 saturated heterocycles. The summed E-state index contributed by atoms with van der Waals surface area (Å²) >= 11 is 0. The van der Waals surface area contributed by atoms with Crippen LogP contribution < -0.4 is 4.74 Å². The fourth-order valence-electron chi connectivity index (χ4n) is 1.79. The van der Waals surface area contributed by atoms with Gasteiger partial charge in [0.05, 0.1) is 5.56 Å². The highest BCUT2D eigenvalue weighted by Gasteiger charge is 2.15. The molecule has 0 fully saturated rings. The predicted octanol–water partition coefficient (Wildman–Crippen LogP) is 3.13. The van der Waals surface area contributed by atoms with Crippen molar-refractivity contribution in [1.82, 2.24) is 15.2 Å². The Morgan fingerprint density at radius 3 is 2.70 bits per heavy atom. The van der Waals surface area contributed by atoms with E-state index < -0.39 is 6.61 Å². The lowest BCUT2D eigenvalue weighted by molar-refractivity contribution is -0.0495. The Kier molecular flexibility index (Phi) is 4.25. The van der Waals surface area contributed by atoms with Gasteiger partial charge >= 0.3 is 6.61 Å². The Bertz CT molecular complexity index is 854. The second-order valence-corrected chi connectivity index (χ2v) is 4.28. The van der Waals surface area contributed by atoms with Crippen LogP contribution in [0.4, 0.5) is 8.78 Å². The summed E-state index contributed by atoms with van der Waals surface area (Å²) in [6.45, 7) is -2.94. The van der Waals surface area contributed by atoms with Crippen LogP contribution in [0.15, 0.2) is 53.2 Å². The summed E-state index contributed by atoms with van der Waals surface area (Å²) in [5.74, 6) is 5.58. The van der Waals surface area contributed by atoms with Crippen LogP contribution in [0.25, 0.3) is 11.5 Å². The van der Waals surface area contributed by atoms with Gasteiger partial charge in [-0.25, -0.2) is 0 Å². The average molecular weight is 313 g/mol. The van der Waals surface area contributed by atoms with E-state index in [1.807, 2.05) is 0 Å². The molecule has 0 bridgehead atoms. The first-order chi connectivity index (χ1) is 11.2. The summed E-state index contributed by atoms with van der Waals surface area (Å²) < 4.78 is 34.6. The number of hydrogen-bond acceptors (Lipinski definition) is 5. The molecule has 2 aromatic heterocycles. The number of nitrogens with zero attached hydrogens (tertiary/aromatic N) is 3. The van der Waals surface area contributed by atoms with Gasteiger partial charge in [0.25, 0.3) is 11.8 Å². The standard InChI is InChI=1S/C16H9F2N3O2/c17-16(18)22-13-6-2-1-5-12(13)15-21-20-14(23-15)8-7-11-4-3-9-19-10-11/h1-6,9-10,16H. The zero-order chi connectivity index (χ0) is 16.1. The molecule has 0 radical (unpaired) electrons. The Morgan fingerprint density at radius 2 is 1.91 bits per heavy atom. The summed E-state index contributed by atoms with van der Waals surface area (Å²) in [4.78, 5) is 3.93. The molecule has 3 aromatic rings. The van der Waals surface area contributed by atoms with Gasteiger partial charge in [0.1, 0.15) is 5.75 Å². The first-order valence-corrected chi connectivity index (χ1v) is 6.52. The number of hydrogen-bond donors (Lipinski definition) is 0. The maximum atomic E-state index is 12.4. The highest BCUT2D eigenvalue weighted by atomic mass is 19.3. The maximum absolute atomic E-state index is 12.4. The molecule has 0 unspecified atom stereocenters. The first-order valence-electron chi connectivity index (χ1n) is 6.52. The van der Waals surface area contributed by atoms with E-state index in [1.165, 1.54) is 6.07 Å². The molecule has 5 nitrogen and oxygen atoms in total. The van der Waals surface area contributed by atoms with Crippen LogP contribution >= 0.6 is 0 Å². The molecule has 2 heterocycles. The number of rotatable bonds is 3. The lowest BCUT2D eigenvalue weighted by atomic mass is 10.2. The van der Waals surface area contributed by atoms with Crippen molar-refractivity contribution < 1.29 is 17.9 Å². The zero-order valence-corrected chi connectivity index (χ0v) is 11.6. The molecule has 0 aliphatic carbocycles. The summed E-state index contributed by atoms with van der Waals surface area (Å²) in [5.41, 5.74) is 0.961. The van der Waals surface area contributed by atoms with E-state index in [4.69, 9.17) is 4.42 Å². The van der Waals surface area contributed by atoms with Crippen LogP contribution in [0.1, 0.15) is 11.5 Å². The van der Waals surface area contributed by atoms with Crippen LogP contribution in [-0.2, 0) is 0 Å². The van der Waals surface area contributed by atoms with E-state index in [2.05, 4.69) is 31.8 Å². The molecule has 0 N–H and O–H groups in total. The van der Waals surface area contributed by atoms with Crippen molar-refractivity contribution in [1.29, 1.82) is 0 Å². The molecule has 0 aliphatic rings. The number of pyridine rings is 1. The molecule has 0 spiro atoms. The monoisotopic (exact) mass is 313 g/mol. The molecular weight excluding hydrogens is 304 g/mol. The average Bonchev–Trinajstić information content (AvgIpc) is 3.03. The smallest absolute Gasteiger partial charge is 0.387 e. The second kappa shape index (κ2) is 6.66. The topological polar surface area (TPSA) is 61.0 Å². The number of alkyl halides is 2. The van der Waals surface area contributed by atoms with Crippen molar-refractivity contribution in [3.63, 3.8) is 0 Å². The molecule has 0 amide bonds. The van der Waals surface area contributed by atoms with E-state index >= 15 is 0 Å². The highest BCUT2D eigenvalue weighted by molar-refractivity contribution is 5.62. The second-order valence-electron chi connectivity index (χ2n) is 4.28. The minimum absolute atomic E-state index is 0.0436. The third kappa shape index (κ3) is 3.68. The van der Waals surface area contributed by atoms with Gasteiger partial charge in [-0.1, -0.05) is 23.2 Å². The normalized spacial score (nSPS) is 10.2. The minimum atomic E-state index is -2.94. The number of para-hydroxylation sites is 1. The zero-order valence-electron chi connectivity index (χ0n) is 11.6. The van der Waals surface area contributed by atoms with Crippen LogP contribution in [0.3, 0.4) is 0 Å². The molecular formula is C16H9F2N3O2. The Balaban J connectivity index is 1.87. The van der Waals surface area contributed by atoms with Crippen LogP contribution in [0, 0.1) is 11.8 Å². The van der Waals surface area contributed by atoms with Crippen molar-refractivity contribution in [2.24, 2.45) is 0 Å². The third-order valence-corrected chi connectivity index (χ3v) is 2.73. The molecule has 23 heavy (non-hydrogen) atoms. The number of ether oxygens (including phenoxy) is 1. The van der Waals surface area contributed by atoms with Gasteiger partial charge in [-0.15, -0.1) is 5.10 Å². The van der Waals surface area contributed by atoms with E-state index in [0.717, 1.165) is 0 Å². The quantitative estimate of drug-likeness (QED) is 0.695. The maximum Gasteiger partial charge on any atom is 0.387 e. The van der Waals surface area contributed by atoms with Gasteiger partial charge in [-0.05, 0) is 30.2 Å². The lowest BCUT2D eigenvalue weighted by Crippen LogP contribution is -2.03. The summed E-state index contributed by atoms with van der Waals surface area (Å²) in [7, 11) is 0. The van der Waals surface area contributed by atoms with Gasteiger partial charge in [0.2, 0.25) is 0 Å². The van der Waals surface area contributed by atoms with Gasteiger partial charge < -0.3 is 9.15 Å². The summed E-state index contributed by atoms with van der Waals surface area (Å²) in [6.07, 6.45) is 3.23. The van der Waals surface area contributed by atoms with Gasteiger partial charge in [0, 0.05) is 18.0 Å². The van der Waals surface area contributed by atoms with Crippen molar-refractivity contribution in [2.75, 3.05) is 0 Å². The molecule has 1 aromatic carbocycles. The highest BCUT2D eigenvalue weighted by Crippen LogP contribution is 2.29. The third-order valence-electron chi connectivity index (χ3n) is 2.73. The first kappa shape index (κ1) is 14.7. The van der Waals surface area contributed by atoms with E-state index in [0.29, 0.717) is 5.56 Å². The van der Waals surface area contributed by atoms with Crippen LogP contribution in [0.5, 0.6) is 5.75 Å². The molecule has 7 heteroatoms. The van der Waals surface area contributed by atoms with Crippen molar-refractivity contribution in [3.8, 4) is 29.0 Å². The van der Waals surface area contributed by atoms with Gasteiger partial charge in [-0.3, -0.25) is 4.98 Å². The van der Waals surface area contributed by atoms with Crippen molar-refractivity contribution >= 4 is 0 Å². The molecule has 114 valence electrons. The van der Waals surface area contributed by atoms with Gasteiger partial charge in [-0.2, -0.15) is 8.78 Å². The largest absolute Gasteiger partial charge is 0.434 e. The van der Waals surface area contributed by atoms with Crippen molar-refractivity contribution in [2.45, 2.75) is 6.61 Å². The fourth-order valence-corrected chi connectivity index (χ4v) is 1.79. The fraction of sp³-hybridized carbons (Fsp3) is 0.0625. The van der Waals surface area contributed by atoms with Gasteiger partial charge in [0.15, 0.2) is 0 Å². The Morgan fingerprint density at radius 1 is 1.04 bits per heavy atom. The number of benzene rings is 1. The van der Waals surface area contributed by atoms with E-state index in [1.54, 1.807) is 42.7 Å².